The number of carbonyl (C=O) groups excluding carboxylic acids is 1. The number of piperazine rings is 1. The molecule has 1 amide bonds. The van der Waals surface area contributed by atoms with Gasteiger partial charge in [0.1, 0.15) is 5.75 Å². The van der Waals surface area contributed by atoms with Crippen LogP contribution >= 0.6 is 0 Å². The van der Waals surface area contributed by atoms with Crippen molar-refractivity contribution in [1.82, 2.24) is 14.7 Å². The van der Waals surface area contributed by atoms with Gasteiger partial charge in [-0.25, -0.2) is 0 Å². The van der Waals surface area contributed by atoms with Gasteiger partial charge < -0.3 is 14.5 Å². The Kier molecular flexibility index (Phi) is 6.91. The molecule has 2 saturated heterocycles. The Morgan fingerprint density at radius 1 is 1.15 bits per heavy atom. The maximum Gasteiger partial charge on any atom is 0.246 e. The molecule has 0 bridgehead atoms. The Morgan fingerprint density at radius 2 is 1.93 bits per heavy atom. The molecular formula is C22H33N3O2. The molecule has 0 N–H and O–H groups in total. The minimum absolute atomic E-state index is 0.136. The second-order valence-corrected chi connectivity index (χ2v) is 7.83. The molecule has 1 unspecified atom stereocenters. The molecule has 27 heavy (non-hydrogen) atoms. The molecule has 148 valence electrons. The molecule has 2 fully saturated rings. The van der Waals surface area contributed by atoms with Crippen molar-refractivity contribution in [2.75, 3.05) is 53.4 Å². The first-order chi connectivity index (χ1) is 13.1. The zero-order chi connectivity index (χ0) is 19.2. The molecule has 0 spiro atoms. The topological polar surface area (TPSA) is 36.0 Å². The first-order valence-corrected chi connectivity index (χ1v) is 10.1. The number of hydrogen-bond donors (Lipinski definition) is 0. The average molecular weight is 372 g/mol. The predicted octanol–water partition coefficient (Wildman–Crippen LogP) is 2.73. The van der Waals surface area contributed by atoms with E-state index >= 15 is 0 Å². The Balaban J connectivity index is 1.67. The van der Waals surface area contributed by atoms with Crippen molar-refractivity contribution in [1.29, 1.82) is 0 Å². The zero-order valence-corrected chi connectivity index (χ0v) is 17.0. The van der Waals surface area contributed by atoms with Gasteiger partial charge in [-0.3, -0.25) is 9.69 Å². The zero-order valence-electron chi connectivity index (χ0n) is 17.0. The van der Waals surface area contributed by atoms with Gasteiger partial charge in [-0.1, -0.05) is 18.6 Å². The fourth-order valence-corrected chi connectivity index (χ4v) is 4.03. The quantitative estimate of drug-likeness (QED) is 0.763. The Morgan fingerprint density at radius 3 is 2.67 bits per heavy atom. The van der Waals surface area contributed by atoms with E-state index in [4.69, 9.17) is 4.74 Å². The number of carbonyl (C=O) groups is 1. The highest BCUT2D eigenvalue weighted by Crippen LogP contribution is 2.21. The van der Waals surface area contributed by atoms with Crippen molar-refractivity contribution < 1.29 is 9.53 Å². The molecule has 1 aromatic carbocycles. The van der Waals surface area contributed by atoms with Gasteiger partial charge in [-0.2, -0.15) is 0 Å². The lowest BCUT2D eigenvalue weighted by Gasteiger charge is -2.39. The number of benzene rings is 1. The molecule has 2 heterocycles. The number of allylic oxidation sites excluding steroid dienone is 1. The molecule has 2 aliphatic rings. The van der Waals surface area contributed by atoms with Gasteiger partial charge in [-0.05, 0) is 50.1 Å². The SMILES string of the molecule is COc1cccc(/C(C)=C/C(=O)N2CCCCC(N3CCN(C)CC3)C2)c1. The van der Waals surface area contributed by atoms with Gasteiger partial charge in [0.05, 0.1) is 7.11 Å². The maximum atomic E-state index is 13.0. The number of hydrogen-bond acceptors (Lipinski definition) is 4. The lowest BCUT2D eigenvalue weighted by atomic mass is 10.1. The Labute approximate surface area is 163 Å². The van der Waals surface area contributed by atoms with Crippen LogP contribution in [0.25, 0.3) is 5.57 Å². The third-order valence-electron chi connectivity index (χ3n) is 5.88. The second-order valence-electron chi connectivity index (χ2n) is 7.83. The molecule has 3 rings (SSSR count). The number of likely N-dealkylation sites (tertiary alicyclic amines) is 1. The first-order valence-electron chi connectivity index (χ1n) is 10.1. The fraction of sp³-hybridized carbons (Fsp3) is 0.591. The molecule has 5 heteroatoms. The van der Waals surface area contributed by atoms with E-state index in [1.165, 1.54) is 12.8 Å². The molecule has 2 aliphatic heterocycles. The summed E-state index contributed by atoms with van der Waals surface area (Å²) >= 11 is 0. The van der Waals surface area contributed by atoms with Crippen molar-refractivity contribution in [3.05, 3.63) is 35.9 Å². The summed E-state index contributed by atoms with van der Waals surface area (Å²) in [6, 6.07) is 8.39. The standard InChI is InChI=1S/C22H33N3O2/c1-18(19-7-6-9-21(16-19)27-3)15-22(26)25-10-5-4-8-20(17-25)24-13-11-23(2)12-14-24/h6-7,9,15-16,20H,4-5,8,10-14,17H2,1-3H3/b18-15+. The fourth-order valence-electron chi connectivity index (χ4n) is 4.03. The van der Waals surface area contributed by atoms with Crippen LogP contribution in [0.4, 0.5) is 0 Å². The number of ether oxygens (including phenoxy) is 1. The highest BCUT2D eigenvalue weighted by molar-refractivity contribution is 5.95. The van der Waals surface area contributed by atoms with Crippen LogP contribution in [0.2, 0.25) is 0 Å². The van der Waals surface area contributed by atoms with Crippen molar-refractivity contribution in [2.24, 2.45) is 0 Å². The first kappa shape index (κ1) is 19.9. The van der Waals surface area contributed by atoms with E-state index in [-0.39, 0.29) is 5.91 Å². The van der Waals surface area contributed by atoms with Crippen molar-refractivity contribution in [2.45, 2.75) is 32.2 Å². The molecule has 1 aromatic rings. The summed E-state index contributed by atoms with van der Waals surface area (Å²) in [6.45, 7) is 8.19. The number of amides is 1. The molecule has 1 atom stereocenters. The second kappa shape index (κ2) is 9.38. The highest BCUT2D eigenvalue weighted by atomic mass is 16.5. The third-order valence-corrected chi connectivity index (χ3v) is 5.88. The van der Waals surface area contributed by atoms with E-state index in [0.717, 1.165) is 62.6 Å². The summed E-state index contributed by atoms with van der Waals surface area (Å²) in [5, 5.41) is 0. The van der Waals surface area contributed by atoms with Crippen molar-refractivity contribution in [3.63, 3.8) is 0 Å². The number of likely N-dealkylation sites (N-methyl/N-ethyl adjacent to an activating group) is 1. The van der Waals surface area contributed by atoms with E-state index in [0.29, 0.717) is 6.04 Å². The molecule has 5 nitrogen and oxygen atoms in total. The van der Waals surface area contributed by atoms with Crippen LogP contribution in [-0.2, 0) is 4.79 Å². The van der Waals surface area contributed by atoms with E-state index in [2.05, 4.69) is 21.7 Å². The van der Waals surface area contributed by atoms with E-state index in [9.17, 15) is 4.79 Å². The van der Waals surface area contributed by atoms with Gasteiger partial charge in [0.15, 0.2) is 0 Å². The van der Waals surface area contributed by atoms with Crippen LogP contribution in [0.5, 0.6) is 5.75 Å². The molecular weight excluding hydrogens is 338 g/mol. The normalized spacial score (nSPS) is 23.1. The van der Waals surface area contributed by atoms with E-state index in [1.807, 2.05) is 31.2 Å². The highest BCUT2D eigenvalue weighted by Gasteiger charge is 2.27. The smallest absolute Gasteiger partial charge is 0.246 e. The largest absolute Gasteiger partial charge is 0.497 e. The number of rotatable bonds is 4. The van der Waals surface area contributed by atoms with Crippen LogP contribution in [0, 0.1) is 0 Å². The van der Waals surface area contributed by atoms with Crippen molar-refractivity contribution in [3.8, 4) is 5.75 Å². The summed E-state index contributed by atoms with van der Waals surface area (Å²) in [4.78, 5) is 20.0. The van der Waals surface area contributed by atoms with Crippen LogP contribution < -0.4 is 4.74 Å². The lowest BCUT2D eigenvalue weighted by Crippen LogP contribution is -2.52. The summed E-state index contributed by atoms with van der Waals surface area (Å²) in [6.07, 6.45) is 5.30. The molecule has 0 aromatic heterocycles. The van der Waals surface area contributed by atoms with Gasteiger partial charge in [-0.15, -0.1) is 0 Å². The molecule has 0 saturated carbocycles. The van der Waals surface area contributed by atoms with Crippen LogP contribution in [0.15, 0.2) is 30.3 Å². The summed E-state index contributed by atoms with van der Waals surface area (Å²) in [5.41, 5.74) is 2.02. The van der Waals surface area contributed by atoms with Gasteiger partial charge in [0.2, 0.25) is 5.91 Å². The Hall–Kier alpha value is -1.85. The summed E-state index contributed by atoms with van der Waals surface area (Å²) in [7, 11) is 3.85. The molecule has 0 aliphatic carbocycles. The number of nitrogens with zero attached hydrogens (tertiary/aromatic N) is 3. The van der Waals surface area contributed by atoms with Gasteiger partial charge in [0.25, 0.3) is 0 Å². The summed E-state index contributed by atoms with van der Waals surface area (Å²) in [5.74, 6) is 0.953. The average Bonchev–Trinajstić information content (AvgIpc) is 2.95. The minimum atomic E-state index is 0.136. The van der Waals surface area contributed by atoms with Gasteiger partial charge in [0, 0.05) is 51.4 Å². The minimum Gasteiger partial charge on any atom is -0.497 e. The predicted molar refractivity (Wildman–Crippen MR) is 110 cm³/mol. The maximum absolute atomic E-state index is 13.0. The van der Waals surface area contributed by atoms with Crippen LogP contribution in [0.1, 0.15) is 31.7 Å². The third kappa shape index (κ3) is 5.33. The molecule has 0 radical (unpaired) electrons. The van der Waals surface area contributed by atoms with Crippen LogP contribution in [0.3, 0.4) is 0 Å². The summed E-state index contributed by atoms with van der Waals surface area (Å²) < 4.78 is 5.30. The van der Waals surface area contributed by atoms with Crippen LogP contribution in [-0.4, -0.2) is 80.1 Å². The monoisotopic (exact) mass is 371 g/mol. The number of methoxy groups -OCH3 is 1. The van der Waals surface area contributed by atoms with E-state index in [1.54, 1.807) is 13.2 Å². The van der Waals surface area contributed by atoms with Gasteiger partial charge >= 0.3 is 0 Å². The van der Waals surface area contributed by atoms with E-state index < -0.39 is 0 Å². The Bertz CT molecular complexity index is 665. The van der Waals surface area contributed by atoms with Crippen molar-refractivity contribution >= 4 is 11.5 Å². The lowest BCUT2D eigenvalue weighted by molar-refractivity contribution is -0.126.